The fourth-order valence-corrected chi connectivity index (χ4v) is 2.53. The van der Waals surface area contributed by atoms with Crippen LogP contribution in [0.25, 0.3) is 0 Å². The van der Waals surface area contributed by atoms with Crippen molar-refractivity contribution < 1.29 is 19.1 Å². The zero-order valence-corrected chi connectivity index (χ0v) is 15.5. The van der Waals surface area contributed by atoms with E-state index in [1.54, 1.807) is 0 Å². The predicted octanol–water partition coefficient (Wildman–Crippen LogP) is 3.39. The second-order valence-corrected chi connectivity index (χ2v) is 6.35. The van der Waals surface area contributed by atoms with Crippen LogP contribution in [-0.4, -0.2) is 25.6 Å². The van der Waals surface area contributed by atoms with E-state index in [0.717, 1.165) is 15.6 Å². The molecule has 0 spiro atoms. The molecule has 1 unspecified atom stereocenters. The number of carbonyl (C=O) groups excluding carboxylic acids is 2. The van der Waals surface area contributed by atoms with Crippen molar-refractivity contribution in [2.24, 2.45) is 0 Å². The van der Waals surface area contributed by atoms with Crippen LogP contribution in [0.3, 0.4) is 0 Å². The fourth-order valence-electron chi connectivity index (χ4n) is 2.27. The maximum Gasteiger partial charge on any atom is 0.307 e. The Hall–Kier alpha value is -2.18. The number of halogens is 1. The van der Waals surface area contributed by atoms with E-state index in [0.29, 0.717) is 6.61 Å². The lowest BCUT2D eigenvalue weighted by atomic mass is 10.0. The van der Waals surface area contributed by atoms with Crippen molar-refractivity contribution in [3.8, 4) is 0 Å². The monoisotopic (exact) mass is 405 g/mol. The Labute approximate surface area is 155 Å². The van der Waals surface area contributed by atoms with E-state index in [1.807, 2.05) is 54.6 Å². The molecule has 0 fully saturated rings. The third kappa shape index (κ3) is 6.68. The van der Waals surface area contributed by atoms with Crippen molar-refractivity contribution in [1.82, 2.24) is 5.32 Å². The number of rotatable bonds is 8. The first-order valence-electron chi connectivity index (χ1n) is 7.82. The summed E-state index contributed by atoms with van der Waals surface area (Å²) >= 11 is 3.37. The first-order valence-corrected chi connectivity index (χ1v) is 8.61. The molecule has 132 valence electrons. The first kappa shape index (κ1) is 19.1. The molecule has 0 saturated carbocycles. The lowest BCUT2D eigenvalue weighted by molar-refractivity contribution is -0.141. The average molecular weight is 406 g/mol. The predicted molar refractivity (Wildman–Crippen MR) is 97.8 cm³/mol. The normalized spacial score (nSPS) is 11.6. The zero-order chi connectivity index (χ0) is 18.1. The second kappa shape index (κ2) is 9.96. The largest absolute Gasteiger partial charge is 0.469 e. The maximum absolute atomic E-state index is 12.2. The molecule has 5 nitrogen and oxygen atoms in total. The summed E-state index contributed by atoms with van der Waals surface area (Å²) in [6.07, 6.45) is 0.0581. The Morgan fingerprint density at radius 1 is 1.08 bits per heavy atom. The van der Waals surface area contributed by atoms with E-state index < -0.39 is 12.0 Å². The number of esters is 1. The van der Waals surface area contributed by atoms with Gasteiger partial charge in [0.25, 0.3) is 0 Å². The lowest BCUT2D eigenvalue weighted by Gasteiger charge is -2.18. The number of benzene rings is 2. The van der Waals surface area contributed by atoms with Crippen LogP contribution in [0, 0.1) is 0 Å². The van der Waals surface area contributed by atoms with Gasteiger partial charge in [-0.05, 0) is 23.3 Å². The molecule has 1 N–H and O–H groups in total. The highest BCUT2D eigenvalue weighted by Gasteiger charge is 2.19. The average Bonchev–Trinajstić information content (AvgIpc) is 2.62. The van der Waals surface area contributed by atoms with Gasteiger partial charge in [-0.15, -0.1) is 0 Å². The molecule has 6 heteroatoms. The van der Waals surface area contributed by atoms with Gasteiger partial charge in [0.15, 0.2) is 0 Å². The van der Waals surface area contributed by atoms with Gasteiger partial charge >= 0.3 is 5.97 Å². The van der Waals surface area contributed by atoms with Crippen molar-refractivity contribution in [2.45, 2.75) is 19.1 Å². The van der Waals surface area contributed by atoms with Crippen molar-refractivity contribution in [2.75, 3.05) is 13.7 Å². The van der Waals surface area contributed by atoms with Gasteiger partial charge in [0.1, 0.15) is 6.61 Å². The first-order chi connectivity index (χ1) is 12.1. The molecule has 2 aromatic rings. The molecule has 2 aromatic carbocycles. The molecule has 25 heavy (non-hydrogen) atoms. The van der Waals surface area contributed by atoms with Gasteiger partial charge < -0.3 is 14.8 Å². The molecule has 0 aromatic heterocycles. The number of hydrogen-bond donors (Lipinski definition) is 1. The van der Waals surface area contributed by atoms with Crippen LogP contribution >= 0.6 is 15.9 Å². The summed E-state index contributed by atoms with van der Waals surface area (Å²) in [5.41, 5.74) is 1.82. The van der Waals surface area contributed by atoms with Gasteiger partial charge in [-0.25, -0.2) is 0 Å². The van der Waals surface area contributed by atoms with Crippen molar-refractivity contribution in [3.63, 3.8) is 0 Å². The molecule has 0 saturated heterocycles. The summed E-state index contributed by atoms with van der Waals surface area (Å²) in [5.74, 6) is -0.675. The zero-order valence-electron chi connectivity index (χ0n) is 13.9. The van der Waals surface area contributed by atoms with Crippen molar-refractivity contribution in [1.29, 1.82) is 0 Å². The van der Waals surface area contributed by atoms with E-state index in [-0.39, 0.29) is 18.9 Å². The van der Waals surface area contributed by atoms with E-state index in [9.17, 15) is 9.59 Å². The fraction of sp³-hybridized carbons (Fsp3) is 0.263. The Morgan fingerprint density at radius 3 is 2.40 bits per heavy atom. The van der Waals surface area contributed by atoms with E-state index >= 15 is 0 Å². The summed E-state index contributed by atoms with van der Waals surface area (Å²) in [7, 11) is 1.33. The minimum atomic E-state index is -0.464. The number of ether oxygens (including phenoxy) is 2. The van der Waals surface area contributed by atoms with Gasteiger partial charge in [0.2, 0.25) is 5.91 Å². The number of nitrogens with one attached hydrogen (secondary N) is 1. The summed E-state index contributed by atoms with van der Waals surface area (Å²) in [6.45, 7) is 0.275. The van der Waals surface area contributed by atoms with Gasteiger partial charge in [0, 0.05) is 4.47 Å². The standard InChI is InChI=1S/C19H20BrNO4/c1-24-19(23)11-17(15-7-9-16(20)10-8-15)21-18(22)13-25-12-14-5-3-2-4-6-14/h2-10,17H,11-13H2,1H3,(H,21,22). The third-order valence-corrected chi connectivity index (χ3v) is 4.08. The maximum atomic E-state index is 12.2. The van der Waals surface area contributed by atoms with E-state index in [4.69, 9.17) is 9.47 Å². The Morgan fingerprint density at radius 2 is 1.76 bits per heavy atom. The Bertz CT molecular complexity index is 688. The number of hydrogen-bond acceptors (Lipinski definition) is 4. The van der Waals surface area contributed by atoms with E-state index in [2.05, 4.69) is 21.2 Å². The number of amides is 1. The van der Waals surface area contributed by atoms with Crippen LogP contribution in [0.15, 0.2) is 59.1 Å². The van der Waals surface area contributed by atoms with Crippen LogP contribution in [0.5, 0.6) is 0 Å². The highest BCUT2D eigenvalue weighted by atomic mass is 79.9. The van der Waals surface area contributed by atoms with Gasteiger partial charge in [-0.1, -0.05) is 58.4 Å². The van der Waals surface area contributed by atoms with Crippen LogP contribution in [0.4, 0.5) is 0 Å². The molecule has 0 radical (unpaired) electrons. The van der Waals surface area contributed by atoms with Gasteiger partial charge in [-0.3, -0.25) is 9.59 Å². The summed E-state index contributed by atoms with van der Waals surface area (Å²) in [5, 5.41) is 2.82. The van der Waals surface area contributed by atoms with Crippen LogP contribution < -0.4 is 5.32 Å². The number of methoxy groups -OCH3 is 1. The Kier molecular flexibility index (Phi) is 7.63. The smallest absolute Gasteiger partial charge is 0.307 e. The van der Waals surface area contributed by atoms with E-state index in [1.165, 1.54) is 7.11 Å². The molecule has 0 bridgehead atoms. The second-order valence-electron chi connectivity index (χ2n) is 5.43. The topological polar surface area (TPSA) is 64.6 Å². The third-order valence-electron chi connectivity index (χ3n) is 3.55. The molecule has 0 aliphatic carbocycles. The van der Waals surface area contributed by atoms with Crippen molar-refractivity contribution >= 4 is 27.8 Å². The highest BCUT2D eigenvalue weighted by molar-refractivity contribution is 9.10. The quantitative estimate of drug-likeness (QED) is 0.683. The van der Waals surface area contributed by atoms with Gasteiger partial charge in [-0.2, -0.15) is 0 Å². The van der Waals surface area contributed by atoms with Crippen LogP contribution in [-0.2, 0) is 25.7 Å². The molecule has 1 amide bonds. The molecular weight excluding hydrogens is 386 g/mol. The minimum Gasteiger partial charge on any atom is -0.469 e. The van der Waals surface area contributed by atoms with Crippen LogP contribution in [0.2, 0.25) is 0 Å². The SMILES string of the molecule is COC(=O)CC(NC(=O)COCc1ccccc1)c1ccc(Br)cc1. The number of carbonyl (C=O) groups is 2. The molecule has 2 rings (SSSR count). The highest BCUT2D eigenvalue weighted by Crippen LogP contribution is 2.20. The summed E-state index contributed by atoms with van der Waals surface area (Å²) < 4.78 is 11.1. The summed E-state index contributed by atoms with van der Waals surface area (Å²) in [6, 6.07) is 16.6. The van der Waals surface area contributed by atoms with Gasteiger partial charge in [0.05, 0.1) is 26.2 Å². The molecule has 0 aliphatic heterocycles. The van der Waals surface area contributed by atoms with Crippen LogP contribution in [0.1, 0.15) is 23.6 Å². The summed E-state index contributed by atoms with van der Waals surface area (Å²) in [4.78, 5) is 23.8. The molecule has 0 aliphatic rings. The molecular formula is C19H20BrNO4. The minimum absolute atomic E-state index is 0.0581. The lowest BCUT2D eigenvalue weighted by Crippen LogP contribution is -2.33. The van der Waals surface area contributed by atoms with Crippen molar-refractivity contribution in [3.05, 3.63) is 70.2 Å². The molecule has 1 atom stereocenters. The molecule has 0 heterocycles. The Balaban J connectivity index is 1.92.